The molecule has 3 nitrogen and oxygen atoms in total. The summed E-state index contributed by atoms with van der Waals surface area (Å²) in [6.07, 6.45) is 2.20. The number of rotatable bonds is 4. The lowest BCUT2D eigenvalue weighted by Gasteiger charge is -2.19. The van der Waals surface area contributed by atoms with Crippen LogP contribution in [0, 0.1) is 5.92 Å². The highest BCUT2D eigenvalue weighted by Gasteiger charge is 2.35. The fourth-order valence-electron chi connectivity index (χ4n) is 2.03. The van der Waals surface area contributed by atoms with Crippen molar-refractivity contribution in [1.82, 2.24) is 10.2 Å². The van der Waals surface area contributed by atoms with Crippen LogP contribution in [0.15, 0.2) is 0 Å². The molecule has 0 spiro atoms. The van der Waals surface area contributed by atoms with Crippen LogP contribution in [0.25, 0.3) is 0 Å². The number of carbonyl (C=O) groups excluding carboxylic acids is 1. The maximum absolute atomic E-state index is 11.9. The normalized spacial score (nSPS) is 27.8. The van der Waals surface area contributed by atoms with E-state index in [1.807, 2.05) is 4.90 Å². The van der Waals surface area contributed by atoms with E-state index in [0.29, 0.717) is 5.92 Å². The molecule has 0 aromatic heterocycles. The van der Waals surface area contributed by atoms with Crippen molar-refractivity contribution in [3.8, 4) is 0 Å². The Morgan fingerprint density at radius 1 is 1.50 bits per heavy atom. The highest BCUT2D eigenvalue weighted by atomic mass is 16.2. The number of carbonyl (C=O) groups is 1. The highest BCUT2D eigenvalue weighted by molar-refractivity contribution is 5.84. The van der Waals surface area contributed by atoms with Gasteiger partial charge < -0.3 is 4.90 Å². The molecule has 1 amide bonds. The molecular weight excluding hydrogens is 176 g/mol. The summed E-state index contributed by atoms with van der Waals surface area (Å²) in [6, 6.07) is 0.0524. The summed E-state index contributed by atoms with van der Waals surface area (Å²) in [5, 5.41) is 3.35. The Bertz CT molecular complexity index is 203. The van der Waals surface area contributed by atoms with Crippen LogP contribution in [0.2, 0.25) is 0 Å². The summed E-state index contributed by atoms with van der Waals surface area (Å²) in [4.78, 5) is 13.9. The van der Waals surface area contributed by atoms with Gasteiger partial charge in [0.2, 0.25) is 5.91 Å². The van der Waals surface area contributed by atoms with E-state index in [1.54, 1.807) is 0 Å². The Morgan fingerprint density at radius 2 is 2.14 bits per heavy atom. The number of nitrogens with zero attached hydrogens (tertiary/aromatic N) is 1. The molecule has 0 aromatic rings. The summed E-state index contributed by atoms with van der Waals surface area (Å²) in [7, 11) is 0. The molecule has 1 rings (SSSR count). The summed E-state index contributed by atoms with van der Waals surface area (Å²) >= 11 is 0. The van der Waals surface area contributed by atoms with Crippen molar-refractivity contribution in [2.45, 2.75) is 52.7 Å². The Balaban J connectivity index is 2.55. The Morgan fingerprint density at radius 3 is 2.64 bits per heavy atom. The first kappa shape index (κ1) is 11.5. The zero-order chi connectivity index (χ0) is 10.7. The third-order valence-corrected chi connectivity index (χ3v) is 2.66. The molecule has 14 heavy (non-hydrogen) atoms. The molecule has 1 saturated heterocycles. The van der Waals surface area contributed by atoms with Crippen molar-refractivity contribution in [3.63, 3.8) is 0 Å². The van der Waals surface area contributed by atoms with Crippen LogP contribution < -0.4 is 5.32 Å². The molecule has 3 heteroatoms. The van der Waals surface area contributed by atoms with E-state index in [4.69, 9.17) is 0 Å². The van der Waals surface area contributed by atoms with Crippen molar-refractivity contribution in [2.24, 2.45) is 5.92 Å². The zero-order valence-electron chi connectivity index (χ0n) is 9.71. The summed E-state index contributed by atoms with van der Waals surface area (Å²) in [6.45, 7) is 9.36. The second-order valence-corrected chi connectivity index (χ2v) is 4.56. The monoisotopic (exact) mass is 198 g/mol. The van der Waals surface area contributed by atoms with E-state index < -0.39 is 0 Å². The van der Waals surface area contributed by atoms with Crippen LogP contribution in [-0.2, 0) is 4.79 Å². The molecule has 0 bridgehead atoms. The minimum absolute atomic E-state index is 0.0524. The minimum atomic E-state index is 0.0524. The second-order valence-electron chi connectivity index (χ2n) is 4.56. The Hall–Kier alpha value is -0.570. The van der Waals surface area contributed by atoms with E-state index in [9.17, 15) is 4.79 Å². The van der Waals surface area contributed by atoms with Crippen molar-refractivity contribution < 1.29 is 4.79 Å². The van der Waals surface area contributed by atoms with Gasteiger partial charge in [-0.2, -0.15) is 0 Å². The van der Waals surface area contributed by atoms with Gasteiger partial charge in [0.15, 0.2) is 0 Å². The molecule has 2 unspecified atom stereocenters. The van der Waals surface area contributed by atoms with Crippen LogP contribution in [0.1, 0.15) is 40.5 Å². The third-order valence-electron chi connectivity index (χ3n) is 2.66. The van der Waals surface area contributed by atoms with E-state index in [-0.39, 0.29) is 18.1 Å². The lowest BCUT2D eigenvalue weighted by Crippen LogP contribution is -2.35. The van der Waals surface area contributed by atoms with Crippen LogP contribution in [0.5, 0.6) is 0 Å². The fourth-order valence-corrected chi connectivity index (χ4v) is 2.03. The largest absolute Gasteiger partial charge is 0.326 e. The first-order chi connectivity index (χ1) is 6.56. The average molecular weight is 198 g/mol. The molecule has 2 atom stereocenters. The summed E-state index contributed by atoms with van der Waals surface area (Å²) < 4.78 is 0. The van der Waals surface area contributed by atoms with Gasteiger partial charge in [-0.05, 0) is 25.7 Å². The van der Waals surface area contributed by atoms with E-state index in [0.717, 1.165) is 19.4 Å². The topological polar surface area (TPSA) is 32.3 Å². The smallest absolute Gasteiger partial charge is 0.241 e. The third kappa shape index (κ3) is 2.47. The van der Waals surface area contributed by atoms with Crippen LogP contribution >= 0.6 is 0 Å². The molecule has 0 saturated carbocycles. The molecule has 0 aliphatic carbocycles. The number of hydrogen-bond acceptors (Lipinski definition) is 2. The minimum Gasteiger partial charge on any atom is -0.326 e. The molecule has 82 valence electrons. The van der Waals surface area contributed by atoms with Gasteiger partial charge in [0.05, 0.1) is 12.2 Å². The number of hydrogen-bond donors (Lipinski definition) is 1. The van der Waals surface area contributed by atoms with Gasteiger partial charge in [-0.1, -0.05) is 20.8 Å². The van der Waals surface area contributed by atoms with Crippen molar-refractivity contribution in [2.75, 3.05) is 6.54 Å². The predicted molar refractivity (Wildman–Crippen MR) is 57.8 cm³/mol. The Labute approximate surface area is 86.9 Å². The lowest BCUT2D eigenvalue weighted by molar-refractivity contribution is -0.130. The average Bonchev–Trinajstić information content (AvgIpc) is 2.32. The first-order valence-corrected chi connectivity index (χ1v) is 5.62. The molecular formula is C11H22N2O. The van der Waals surface area contributed by atoms with Gasteiger partial charge >= 0.3 is 0 Å². The van der Waals surface area contributed by atoms with Gasteiger partial charge in [-0.3, -0.25) is 10.1 Å². The van der Waals surface area contributed by atoms with E-state index in [1.165, 1.54) is 0 Å². The second kappa shape index (κ2) is 4.78. The number of amides is 1. The Kier molecular flexibility index (Phi) is 3.93. The van der Waals surface area contributed by atoms with Crippen molar-refractivity contribution in [1.29, 1.82) is 0 Å². The maximum atomic E-state index is 11.9. The predicted octanol–water partition coefficient (Wildman–Crippen LogP) is 1.59. The van der Waals surface area contributed by atoms with Gasteiger partial charge in [-0.25, -0.2) is 0 Å². The maximum Gasteiger partial charge on any atom is 0.241 e. The zero-order valence-corrected chi connectivity index (χ0v) is 9.71. The quantitative estimate of drug-likeness (QED) is 0.744. The summed E-state index contributed by atoms with van der Waals surface area (Å²) in [5.41, 5.74) is 0. The molecule has 1 N–H and O–H groups in total. The molecule has 0 radical (unpaired) electrons. The van der Waals surface area contributed by atoms with Crippen molar-refractivity contribution >= 4 is 5.91 Å². The lowest BCUT2D eigenvalue weighted by atomic mass is 10.0. The van der Waals surface area contributed by atoms with Crippen LogP contribution in [-0.4, -0.2) is 29.6 Å². The van der Waals surface area contributed by atoms with Crippen LogP contribution in [0.4, 0.5) is 0 Å². The summed E-state index contributed by atoms with van der Waals surface area (Å²) in [5.74, 6) is 0.860. The van der Waals surface area contributed by atoms with Gasteiger partial charge in [0.1, 0.15) is 0 Å². The van der Waals surface area contributed by atoms with Gasteiger partial charge in [0, 0.05) is 6.54 Å². The molecule has 1 heterocycles. The first-order valence-electron chi connectivity index (χ1n) is 5.62. The SMILES string of the molecule is CCCN1C(=O)C(CC(C)C)NC1C. The van der Waals surface area contributed by atoms with Crippen molar-refractivity contribution in [3.05, 3.63) is 0 Å². The standard InChI is InChI=1S/C11H22N2O/c1-5-6-13-9(4)12-10(11(13)14)7-8(2)3/h8-10,12H,5-7H2,1-4H3. The van der Waals surface area contributed by atoms with Crippen LogP contribution in [0.3, 0.4) is 0 Å². The number of nitrogens with one attached hydrogen (secondary N) is 1. The molecule has 1 aliphatic rings. The molecule has 0 aromatic carbocycles. The van der Waals surface area contributed by atoms with E-state index >= 15 is 0 Å². The fraction of sp³-hybridized carbons (Fsp3) is 0.909. The molecule has 1 aliphatic heterocycles. The van der Waals surface area contributed by atoms with Gasteiger partial charge in [-0.15, -0.1) is 0 Å². The van der Waals surface area contributed by atoms with Gasteiger partial charge in [0.25, 0.3) is 0 Å². The highest BCUT2D eigenvalue weighted by Crippen LogP contribution is 2.16. The molecule has 1 fully saturated rings. The van der Waals surface area contributed by atoms with E-state index in [2.05, 4.69) is 33.0 Å².